The summed E-state index contributed by atoms with van der Waals surface area (Å²) in [6.07, 6.45) is -9.88. The number of alkyl halides is 5. The number of nitrogens with zero attached hydrogens (tertiary/aromatic N) is 6. The molecule has 0 aliphatic rings. The lowest BCUT2D eigenvalue weighted by Crippen LogP contribution is -2.41. The molecule has 1 amide bonds. The van der Waals surface area contributed by atoms with Crippen LogP contribution in [0.4, 0.5) is 22.0 Å². The second-order valence-corrected chi connectivity index (χ2v) is 6.08. The molecule has 8 nitrogen and oxygen atoms in total. The number of carbonyl (C=O) groups excluding carboxylic acids is 1. The average Bonchev–Trinajstić information content (AvgIpc) is 3.18. The van der Waals surface area contributed by atoms with Crippen LogP contribution in [0.25, 0.3) is 27.5 Å². The third-order valence-corrected chi connectivity index (χ3v) is 3.89. The van der Waals surface area contributed by atoms with Gasteiger partial charge in [0.2, 0.25) is 5.91 Å². The Kier molecular flexibility index (Phi) is 5.88. The van der Waals surface area contributed by atoms with Gasteiger partial charge >= 0.3 is 12.3 Å². The molecule has 0 unspecified atom stereocenters. The normalized spacial score (nSPS) is 11.6. The van der Waals surface area contributed by atoms with Crippen molar-refractivity contribution in [3.05, 3.63) is 70.9 Å². The molecule has 0 aliphatic heterocycles. The minimum atomic E-state index is -5.84. The summed E-state index contributed by atoms with van der Waals surface area (Å²) in [5, 5.41) is 7.20. The van der Waals surface area contributed by atoms with Gasteiger partial charge in [-0.25, -0.2) is 9.67 Å². The fourth-order valence-corrected chi connectivity index (χ4v) is 2.42. The first-order valence-corrected chi connectivity index (χ1v) is 8.42. The van der Waals surface area contributed by atoms with E-state index in [-0.39, 0.29) is 6.42 Å². The zero-order valence-electron chi connectivity index (χ0n) is 15.3. The topological polar surface area (TPSA) is 106 Å². The highest BCUT2D eigenvalue weighted by Gasteiger charge is 2.61. The highest BCUT2D eigenvalue weighted by atomic mass is 19.4. The Hall–Kier alpha value is -3.99. The molecular weight excluding hydrogens is 427 g/mol. The largest absolute Gasteiger partial charge is 0.499 e. The predicted octanol–water partition coefficient (Wildman–Crippen LogP) is 4.85. The van der Waals surface area contributed by atoms with Crippen molar-refractivity contribution in [2.75, 3.05) is 0 Å². The molecule has 0 atom stereocenters. The lowest BCUT2D eigenvalue weighted by Gasteiger charge is -2.20. The summed E-state index contributed by atoms with van der Waals surface area (Å²) in [5.41, 5.74) is 9.80. The van der Waals surface area contributed by atoms with Crippen LogP contribution in [0.15, 0.2) is 60.0 Å². The maximum atomic E-state index is 13.0. The monoisotopic (exact) mass is 438 g/mol. The minimum Gasteiger partial charge on any atom is -0.426 e. The number of halogens is 5. The van der Waals surface area contributed by atoms with Gasteiger partial charge in [-0.2, -0.15) is 22.0 Å². The molecule has 0 saturated heterocycles. The summed E-state index contributed by atoms with van der Waals surface area (Å²) < 4.78 is 67.6. The van der Waals surface area contributed by atoms with E-state index < -0.39 is 23.9 Å². The number of hydrogen-bond acceptors (Lipinski definition) is 4. The van der Waals surface area contributed by atoms with Gasteiger partial charge < -0.3 is 4.74 Å². The number of hydrogen-bond donors (Lipinski definition) is 0. The van der Waals surface area contributed by atoms with Crippen molar-refractivity contribution in [1.29, 1.82) is 0 Å². The maximum Gasteiger partial charge on any atom is 0.499 e. The maximum absolute atomic E-state index is 13.0. The summed E-state index contributed by atoms with van der Waals surface area (Å²) in [4.78, 5) is 17.9. The van der Waals surface area contributed by atoms with Crippen LogP contribution in [-0.2, 0) is 11.2 Å². The van der Waals surface area contributed by atoms with Crippen molar-refractivity contribution in [3.63, 3.8) is 0 Å². The molecule has 0 radical (unpaired) electrons. The fraction of sp³-hybridized carbons (Fsp3) is 0.167. The van der Waals surface area contributed by atoms with Crippen molar-refractivity contribution in [1.82, 2.24) is 14.8 Å². The predicted molar refractivity (Wildman–Crippen MR) is 96.3 cm³/mol. The van der Waals surface area contributed by atoms with E-state index in [1.165, 1.54) is 23.1 Å². The van der Waals surface area contributed by atoms with Crippen molar-refractivity contribution < 1.29 is 31.5 Å². The standard InChI is InChI=1S/C18H11F5N6O2/c19-17(20,21)18(22,23)31-14-7-5-13(6-8-14)29-10-25-16(27-29)12-3-1-11(2-4-12)9-15(30)26-28-24/h1-8,10H,9H2. The van der Waals surface area contributed by atoms with E-state index in [2.05, 4.69) is 24.8 Å². The molecule has 0 spiro atoms. The van der Waals surface area contributed by atoms with E-state index in [4.69, 9.17) is 5.53 Å². The number of azide groups is 1. The highest BCUT2D eigenvalue weighted by molar-refractivity contribution is 5.79. The van der Waals surface area contributed by atoms with Gasteiger partial charge in [-0.05, 0) is 40.5 Å². The third kappa shape index (κ3) is 5.14. The molecule has 0 N–H and O–H groups in total. The van der Waals surface area contributed by atoms with E-state index in [1.807, 2.05) is 0 Å². The van der Waals surface area contributed by atoms with E-state index in [0.717, 1.165) is 12.1 Å². The molecule has 3 rings (SSSR count). The van der Waals surface area contributed by atoms with Gasteiger partial charge in [0.15, 0.2) is 5.82 Å². The number of aromatic nitrogens is 3. The van der Waals surface area contributed by atoms with Gasteiger partial charge in [0.25, 0.3) is 0 Å². The summed E-state index contributed by atoms with van der Waals surface area (Å²) in [5.74, 6) is -0.993. The number of amides is 1. The molecule has 1 aromatic heterocycles. The van der Waals surface area contributed by atoms with Gasteiger partial charge in [-0.15, -0.1) is 5.10 Å². The summed E-state index contributed by atoms with van der Waals surface area (Å²) in [6.45, 7) is 0. The Morgan fingerprint density at radius 2 is 1.71 bits per heavy atom. The van der Waals surface area contributed by atoms with Crippen molar-refractivity contribution in [2.45, 2.75) is 18.7 Å². The Morgan fingerprint density at radius 1 is 1.06 bits per heavy atom. The average molecular weight is 438 g/mol. The van der Waals surface area contributed by atoms with Crippen molar-refractivity contribution in [2.24, 2.45) is 5.11 Å². The van der Waals surface area contributed by atoms with Crippen LogP contribution in [0.5, 0.6) is 5.75 Å². The van der Waals surface area contributed by atoms with Gasteiger partial charge in [-0.1, -0.05) is 24.3 Å². The van der Waals surface area contributed by atoms with Gasteiger partial charge in [-0.3, -0.25) is 4.79 Å². The zero-order chi connectivity index (χ0) is 22.6. The van der Waals surface area contributed by atoms with Crippen LogP contribution in [0, 0.1) is 0 Å². The van der Waals surface area contributed by atoms with Crippen LogP contribution in [0.3, 0.4) is 0 Å². The van der Waals surface area contributed by atoms with Gasteiger partial charge in [0.1, 0.15) is 12.1 Å². The molecule has 3 aromatic rings. The van der Waals surface area contributed by atoms with Crippen molar-refractivity contribution >= 4 is 5.91 Å². The summed E-state index contributed by atoms with van der Waals surface area (Å²) >= 11 is 0. The molecule has 2 aromatic carbocycles. The molecule has 31 heavy (non-hydrogen) atoms. The van der Waals surface area contributed by atoms with Gasteiger partial charge in [0, 0.05) is 16.9 Å². The van der Waals surface area contributed by atoms with E-state index in [1.54, 1.807) is 24.3 Å². The zero-order valence-corrected chi connectivity index (χ0v) is 15.3. The first kappa shape index (κ1) is 21.7. The Bertz CT molecular complexity index is 1120. The first-order valence-electron chi connectivity index (χ1n) is 8.42. The van der Waals surface area contributed by atoms with E-state index in [0.29, 0.717) is 22.6 Å². The molecule has 0 saturated carbocycles. The third-order valence-electron chi connectivity index (χ3n) is 3.89. The van der Waals surface area contributed by atoms with Crippen LogP contribution in [0.2, 0.25) is 0 Å². The molecule has 13 heteroatoms. The molecule has 0 aliphatic carbocycles. The van der Waals surface area contributed by atoms with Crippen LogP contribution >= 0.6 is 0 Å². The smallest absolute Gasteiger partial charge is 0.426 e. The Morgan fingerprint density at radius 3 is 2.29 bits per heavy atom. The fourth-order valence-electron chi connectivity index (χ4n) is 2.42. The van der Waals surface area contributed by atoms with Gasteiger partial charge in [0.05, 0.1) is 5.69 Å². The molecule has 160 valence electrons. The summed E-state index contributed by atoms with van der Waals surface area (Å²) in [7, 11) is 0. The molecule has 0 fully saturated rings. The summed E-state index contributed by atoms with van der Waals surface area (Å²) in [6, 6.07) is 10.9. The number of benzene rings is 2. The van der Waals surface area contributed by atoms with Crippen molar-refractivity contribution in [3.8, 4) is 22.8 Å². The molecule has 1 heterocycles. The molecule has 0 bridgehead atoms. The molecular formula is C18H11F5N6O2. The highest BCUT2D eigenvalue weighted by Crippen LogP contribution is 2.37. The van der Waals surface area contributed by atoms with Crippen LogP contribution in [-0.4, -0.2) is 33.0 Å². The number of ether oxygens (including phenoxy) is 1. The SMILES string of the molecule is [N-]=[N+]=NC(=O)Cc1ccc(-c2ncn(-c3ccc(OC(F)(F)C(F)(F)F)cc3)n2)cc1. The van der Waals surface area contributed by atoms with Crippen LogP contribution in [0.1, 0.15) is 5.56 Å². The quantitative estimate of drug-likeness (QED) is 0.237. The lowest BCUT2D eigenvalue weighted by atomic mass is 10.1. The Balaban J connectivity index is 1.72. The Labute approximate surface area is 170 Å². The van der Waals surface area contributed by atoms with E-state index >= 15 is 0 Å². The minimum absolute atomic E-state index is 0.0615. The number of carbonyl (C=O) groups is 1. The second-order valence-electron chi connectivity index (χ2n) is 6.08. The van der Waals surface area contributed by atoms with E-state index in [9.17, 15) is 26.7 Å². The van der Waals surface area contributed by atoms with Crippen LogP contribution < -0.4 is 4.74 Å². The first-order chi connectivity index (χ1) is 14.6. The lowest BCUT2D eigenvalue weighted by molar-refractivity contribution is -0.360. The second kappa shape index (κ2) is 8.40. The number of rotatable bonds is 6.